The summed E-state index contributed by atoms with van der Waals surface area (Å²) in [4.78, 5) is 23.2. The minimum atomic E-state index is -0.478. The smallest absolute Gasteiger partial charge is 0.270 e. The molecule has 1 heterocycles. The Labute approximate surface area is 170 Å². The summed E-state index contributed by atoms with van der Waals surface area (Å²) < 4.78 is 29.4. The molecule has 0 aliphatic carbocycles. The molecule has 0 radical (unpaired) electrons. The highest BCUT2D eigenvalue weighted by Gasteiger charge is 2.21. The van der Waals surface area contributed by atoms with E-state index in [0.717, 1.165) is 0 Å². The number of hydrogen-bond donors (Lipinski definition) is 0. The van der Waals surface area contributed by atoms with Crippen molar-refractivity contribution in [3.8, 4) is 11.5 Å². The molecule has 1 aliphatic heterocycles. The van der Waals surface area contributed by atoms with Crippen LogP contribution in [0.4, 0.5) is 10.1 Å². The predicted octanol–water partition coefficient (Wildman–Crippen LogP) is 4.41. The number of ether oxygens (including phenoxy) is 3. The first kappa shape index (κ1) is 19.5. The fraction of sp³-hybridized carbons (Fsp3) is 0.136. The summed E-state index contributed by atoms with van der Waals surface area (Å²) in [5.41, 5.74) is 1.87. The molecule has 0 spiro atoms. The molecule has 0 bridgehead atoms. The zero-order valence-corrected chi connectivity index (χ0v) is 15.7. The van der Waals surface area contributed by atoms with Crippen molar-refractivity contribution >= 4 is 11.5 Å². The van der Waals surface area contributed by atoms with Gasteiger partial charge in [-0.1, -0.05) is 0 Å². The molecule has 8 heteroatoms. The van der Waals surface area contributed by atoms with E-state index in [-0.39, 0.29) is 31.5 Å². The fourth-order valence-electron chi connectivity index (χ4n) is 3.13. The van der Waals surface area contributed by atoms with Crippen LogP contribution in [0.2, 0.25) is 0 Å². The number of benzene rings is 3. The summed E-state index contributed by atoms with van der Waals surface area (Å²) in [6, 6.07) is 14.6. The van der Waals surface area contributed by atoms with E-state index < -0.39 is 10.7 Å². The van der Waals surface area contributed by atoms with Gasteiger partial charge in [-0.25, -0.2) is 4.39 Å². The summed E-state index contributed by atoms with van der Waals surface area (Å²) in [7, 11) is 0. The van der Waals surface area contributed by atoms with Crippen LogP contribution in [0.15, 0.2) is 60.7 Å². The molecule has 1 aliphatic rings. The summed E-state index contributed by atoms with van der Waals surface area (Å²) in [6.07, 6.45) is 0. The van der Waals surface area contributed by atoms with Gasteiger partial charge in [0.05, 0.1) is 11.5 Å². The largest absolute Gasteiger partial charge is 0.489 e. The minimum absolute atomic E-state index is 0.0509. The third-order valence-electron chi connectivity index (χ3n) is 4.60. The molecule has 0 saturated heterocycles. The highest BCUT2D eigenvalue weighted by molar-refractivity contribution is 6.08. The maximum absolute atomic E-state index is 13.0. The van der Waals surface area contributed by atoms with Crippen molar-refractivity contribution in [1.29, 1.82) is 0 Å². The molecule has 0 aromatic heterocycles. The van der Waals surface area contributed by atoms with E-state index in [2.05, 4.69) is 0 Å². The lowest BCUT2D eigenvalue weighted by Gasteiger charge is -2.20. The number of halogens is 1. The number of rotatable bonds is 6. The molecule has 0 saturated carbocycles. The highest BCUT2D eigenvalue weighted by Crippen LogP contribution is 2.33. The Hall–Kier alpha value is -3.78. The Kier molecular flexibility index (Phi) is 5.40. The van der Waals surface area contributed by atoms with Gasteiger partial charge in [0, 0.05) is 34.4 Å². The standard InChI is InChI=1S/C22H16FNO6/c23-18-5-1-14(2-6-18)21(25)15-3-7-20(8-4-15)29-12-17-10-19(24(26)27)9-16-11-28-13-30-22(16)17/h1-10H,11-13H2. The number of ketones is 1. The number of non-ortho nitro benzene ring substituents is 1. The van der Waals surface area contributed by atoms with Crippen molar-refractivity contribution in [2.75, 3.05) is 6.79 Å². The molecule has 3 aromatic rings. The van der Waals surface area contributed by atoms with Crippen molar-refractivity contribution in [2.24, 2.45) is 0 Å². The van der Waals surface area contributed by atoms with Crippen LogP contribution in [-0.4, -0.2) is 17.5 Å². The van der Waals surface area contributed by atoms with Gasteiger partial charge in [-0.2, -0.15) is 0 Å². The number of nitrogens with zero attached hydrogens (tertiary/aromatic N) is 1. The molecule has 4 rings (SSSR count). The molecule has 0 atom stereocenters. The van der Waals surface area contributed by atoms with Gasteiger partial charge in [-0.05, 0) is 48.5 Å². The Bertz CT molecular complexity index is 1100. The van der Waals surface area contributed by atoms with Gasteiger partial charge < -0.3 is 14.2 Å². The van der Waals surface area contributed by atoms with E-state index in [9.17, 15) is 19.3 Å². The maximum atomic E-state index is 13.0. The molecular weight excluding hydrogens is 393 g/mol. The van der Waals surface area contributed by atoms with Gasteiger partial charge in [-0.3, -0.25) is 14.9 Å². The molecular formula is C22H16FNO6. The quantitative estimate of drug-likeness (QED) is 0.340. The van der Waals surface area contributed by atoms with E-state index in [1.165, 1.54) is 36.4 Å². The van der Waals surface area contributed by atoms with Gasteiger partial charge in [0.2, 0.25) is 0 Å². The molecule has 30 heavy (non-hydrogen) atoms. The van der Waals surface area contributed by atoms with Crippen LogP contribution in [-0.2, 0) is 18.0 Å². The average molecular weight is 409 g/mol. The van der Waals surface area contributed by atoms with Crippen LogP contribution < -0.4 is 9.47 Å². The highest BCUT2D eigenvalue weighted by atomic mass is 19.1. The van der Waals surface area contributed by atoms with E-state index in [0.29, 0.717) is 33.8 Å². The van der Waals surface area contributed by atoms with Crippen molar-refractivity contribution in [3.63, 3.8) is 0 Å². The van der Waals surface area contributed by atoms with Crippen LogP contribution >= 0.6 is 0 Å². The Morgan fingerprint density at radius 2 is 1.73 bits per heavy atom. The summed E-state index contributed by atoms with van der Waals surface area (Å²) in [6.45, 7) is 0.345. The zero-order chi connectivity index (χ0) is 21.1. The molecule has 0 N–H and O–H groups in total. The van der Waals surface area contributed by atoms with E-state index in [1.54, 1.807) is 24.3 Å². The second-order valence-corrected chi connectivity index (χ2v) is 6.61. The number of carbonyl (C=O) groups excluding carboxylic acids is 1. The third-order valence-corrected chi connectivity index (χ3v) is 4.60. The first-order valence-electron chi connectivity index (χ1n) is 9.05. The average Bonchev–Trinajstić information content (AvgIpc) is 2.77. The van der Waals surface area contributed by atoms with Gasteiger partial charge in [0.1, 0.15) is 23.9 Å². The lowest BCUT2D eigenvalue weighted by Crippen LogP contribution is -2.14. The number of carbonyl (C=O) groups is 1. The number of nitro groups is 1. The molecule has 0 amide bonds. The summed E-state index contributed by atoms with van der Waals surface area (Å²) in [5, 5.41) is 11.2. The van der Waals surface area contributed by atoms with E-state index in [4.69, 9.17) is 14.2 Å². The minimum Gasteiger partial charge on any atom is -0.489 e. The van der Waals surface area contributed by atoms with Gasteiger partial charge in [-0.15, -0.1) is 0 Å². The van der Waals surface area contributed by atoms with E-state index in [1.807, 2.05) is 0 Å². The Morgan fingerprint density at radius 1 is 1.07 bits per heavy atom. The molecule has 0 fully saturated rings. The fourth-order valence-corrected chi connectivity index (χ4v) is 3.13. The first-order valence-corrected chi connectivity index (χ1v) is 9.05. The number of fused-ring (bicyclic) bond motifs is 1. The van der Waals surface area contributed by atoms with Crippen LogP contribution in [0.5, 0.6) is 11.5 Å². The van der Waals surface area contributed by atoms with Gasteiger partial charge in [0.15, 0.2) is 12.6 Å². The number of hydrogen-bond acceptors (Lipinski definition) is 6. The van der Waals surface area contributed by atoms with E-state index >= 15 is 0 Å². The molecule has 7 nitrogen and oxygen atoms in total. The lowest BCUT2D eigenvalue weighted by atomic mass is 10.0. The van der Waals surface area contributed by atoms with Crippen LogP contribution in [0.25, 0.3) is 0 Å². The van der Waals surface area contributed by atoms with Crippen molar-refractivity contribution in [2.45, 2.75) is 13.2 Å². The van der Waals surface area contributed by atoms with Crippen LogP contribution in [0.3, 0.4) is 0 Å². The third kappa shape index (κ3) is 4.13. The second kappa shape index (κ2) is 8.30. The first-order chi connectivity index (χ1) is 14.5. The normalized spacial score (nSPS) is 12.6. The maximum Gasteiger partial charge on any atom is 0.270 e. The van der Waals surface area contributed by atoms with Crippen molar-refractivity contribution in [1.82, 2.24) is 0 Å². The topological polar surface area (TPSA) is 87.9 Å². The number of nitro benzene ring substituents is 1. The van der Waals surface area contributed by atoms with Gasteiger partial charge >= 0.3 is 0 Å². The SMILES string of the molecule is O=C(c1ccc(F)cc1)c1ccc(OCc2cc([N+](=O)[O-])cc3c2OCOC3)cc1. The van der Waals surface area contributed by atoms with Crippen molar-refractivity contribution < 1.29 is 28.3 Å². The lowest BCUT2D eigenvalue weighted by molar-refractivity contribution is -0.385. The monoisotopic (exact) mass is 409 g/mol. The predicted molar refractivity (Wildman–Crippen MR) is 104 cm³/mol. The molecule has 3 aromatic carbocycles. The zero-order valence-electron chi connectivity index (χ0n) is 15.7. The van der Waals surface area contributed by atoms with Crippen LogP contribution in [0.1, 0.15) is 27.0 Å². The van der Waals surface area contributed by atoms with Crippen molar-refractivity contribution in [3.05, 3.63) is 98.8 Å². The summed E-state index contributed by atoms with van der Waals surface area (Å²) >= 11 is 0. The Balaban J connectivity index is 1.49. The second-order valence-electron chi connectivity index (χ2n) is 6.61. The molecule has 0 unspecified atom stereocenters. The Morgan fingerprint density at radius 3 is 2.40 bits per heavy atom. The molecule has 152 valence electrons. The summed E-state index contributed by atoms with van der Waals surface area (Å²) in [5.74, 6) is 0.366. The van der Waals surface area contributed by atoms with Crippen LogP contribution in [0, 0.1) is 15.9 Å². The van der Waals surface area contributed by atoms with Gasteiger partial charge in [0.25, 0.3) is 5.69 Å².